The number of urea groups is 1. The Morgan fingerprint density at radius 1 is 0.848 bits per heavy atom. The van der Waals surface area contributed by atoms with E-state index in [-0.39, 0.29) is 61.3 Å². The number of hydrogen-bond acceptors (Lipinski definition) is 7. The highest BCUT2D eigenvalue weighted by molar-refractivity contribution is 5.92. The number of benzene rings is 1. The van der Waals surface area contributed by atoms with E-state index in [1.165, 1.54) is 0 Å². The van der Waals surface area contributed by atoms with E-state index in [4.69, 9.17) is 10.5 Å². The number of primary amides is 1. The second kappa shape index (κ2) is 21.1. The highest BCUT2D eigenvalue weighted by atomic mass is 16.5. The molecule has 258 valence electrons. The number of esters is 1. The van der Waals surface area contributed by atoms with Crippen molar-refractivity contribution in [3.05, 3.63) is 35.4 Å². The lowest BCUT2D eigenvalue weighted by atomic mass is 9.88. The Labute approximate surface area is 274 Å². The third-order valence-electron chi connectivity index (χ3n) is 7.58. The largest absolute Gasteiger partial charge is 0.460 e. The van der Waals surface area contributed by atoms with Crippen LogP contribution in [0, 0.1) is 17.3 Å². The lowest BCUT2D eigenvalue weighted by Crippen LogP contribution is -2.46. The van der Waals surface area contributed by atoms with Gasteiger partial charge in [0.05, 0.1) is 11.5 Å². The van der Waals surface area contributed by atoms with Crippen LogP contribution >= 0.6 is 0 Å². The van der Waals surface area contributed by atoms with Gasteiger partial charge in [-0.15, -0.1) is 0 Å². The van der Waals surface area contributed by atoms with Crippen molar-refractivity contribution < 1.29 is 33.5 Å². The van der Waals surface area contributed by atoms with Crippen molar-refractivity contribution in [1.29, 1.82) is 0 Å². The predicted octanol–water partition coefficient (Wildman–Crippen LogP) is 4.53. The second-order valence-electron chi connectivity index (χ2n) is 13.3. The van der Waals surface area contributed by atoms with Crippen molar-refractivity contribution in [3.63, 3.8) is 0 Å². The standard InChI is InChI=1S/C35H56N4O7/c1-7-12-31(42)37-19-10-8-9-13-27(40)22-28(24(2)3)32(43)39-29(14-11-20-38-34(36)45)30(41)21-25-15-17-26(18-16-25)23-46-33(44)35(4,5)6/h15-18,24,28-29H,7-14,19-23H2,1-6H3,(H,37,42)(H,39,43)(H3,36,38,45)/t28-,29-/m0/s1. The highest BCUT2D eigenvalue weighted by Gasteiger charge is 2.29. The average molecular weight is 645 g/mol. The number of unbranched alkanes of at least 4 members (excludes halogenated alkanes) is 2. The average Bonchev–Trinajstić information content (AvgIpc) is 2.97. The van der Waals surface area contributed by atoms with Gasteiger partial charge in [0, 0.05) is 44.7 Å². The van der Waals surface area contributed by atoms with Gasteiger partial charge in [-0.2, -0.15) is 0 Å². The Morgan fingerprint density at radius 2 is 1.48 bits per heavy atom. The Bertz CT molecular complexity index is 1140. The Balaban J connectivity index is 2.78. The van der Waals surface area contributed by atoms with Crippen molar-refractivity contribution in [1.82, 2.24) is 16.0 Å². The molecule has 0 aliphatic rings. The van der Waals surface area contributed by atoms with E-state index in [0.717, 1.165) is 30.4 Å². The molecular formula is C35H56N4O7. The van der Waals surface area contributed by atoms with Gasteiger partial charge < -0.3 is 26.4 Å². The molecule has 0 saturated carbocycles. The van der Waals surface area contributed by atoms with E-state index in [2.05, 4.69) is 16.0 Å². The number of ether oxygens (including phenoxy) is 1. The molecule has 0 bridgehead atoms. The molecule has 0 aliphatic carbocycles. The first-order valence-electron chi connectivity index (χ1n) is 16.5. The van der Waals surface area contributed by atoms with Gasteiger partial charge >= 0.3 is 12.0 Å². The lowest BCUT2D eigenvalue weighted by Gasteiger charge is -2.24. The normalized spacial score (nSPS) is 12.6. The third-order valence-corrected chi connectivity index (χ3v) is 7.58. The summed E-state index contributed by atoms with van der Waals surface area (Å²) in [4.78, 5) is 74.3. The quantitative estimate of drug-likeness (QED) is 0.106. The van der Waals surface area contributed by atoms with Crippen LogP contribution in [-0.2, 0) is 41.7 Å². The number of hydrogen-bond donors (Lipinski definition) is 4. The molecule has 46 heavy (non-hydrogen) atoms. The summed E-state index contributed by atoms with van der Waals surface area (Å²) in [6.07, 6.45) is 4.81. The van der Waals surface area contributed by atoms with Crippen molar-refractivity contribution in [2.45, 2.75) is 118 Å². The van der Waals surface area contributed by atoms with Gasteiger partial charge in [0.25, 0.3) is 0 Å². The summed E-state index contributed by atoms with van der Waals surface area (Å²) < 4.78 is 5.36. The molecule has 0 aliphatic heterocycles. The van der Waals surface area contributed by atoms with Crippen LogP contribution in [-0.4, -0.2) is 54.5 Å². The first-order valence-corrected chi connectivity index (χ1v) is 16.5. The zero-order chi connectivity index (χ0) is 34.7. The van der Waals surface area contributed by atoms with Gasteiger partial charge in [-0.3, -0.25) is 24.0 Å². The SMILES string of the molecule is CCCC(=O)NCCCCCC(=O)C[C@H](C(=O)N[C@@H](CCCNC(N)=O)C(=O)Cc1ccc(COC(=O)C(C)(C)C)cc1)C(C)C. The monoisotopic (exact) mass is 644 g/mol. The molecule has 4 amide bonds. The van der Waals surface area contributed by atoms with Gasteiger partial charge in [-0.25, -0.2) is 4.79 Å². The van der Waals surface area contributed by atoms with Gasteiger partial charge in [-0.1, -0.05) is 51.5 Å². The predicted molar refractivity (Wildman–Crippen MR) is 177 cm³/mol. The van der Waals surface area contributed by atoms with Gasteiger partial charge in [0.1, 0.15) is 12.4 Å². The van der Waals surface area contributed by atoms with Crippen molar-refractivity contribution >= 4 is 35.4 Å². The van der Waals surface area contributed by atoms with Crippen molar-refractivity contribution in [3.8, 4) is 0 Å². The maximum absolute atomic E-state index is 13.4. The van der Waals surface area contributed by atoms with Crippen LogP contribution in [0.15, 0.2) is 24.3 Å². The number of ketones is 2. The number of carbonyl (C=O) groups is 6. The summed E-state index contributed by atoms with van der Waals surface area (Å²) >= 11 is 0. The summed E-state index contributed by atoms with van der Waals surface area (Å²) in [6.45, 7) is 12.0. The summed E-state index contributed by atoms with van der Waals surface area (Å²) in [5, 5.41) is 8.26. The fourth-order valence-electron chi connectivity index (χ4n) is 4.70. The lowest BCUT2D eigenvalue weighted by molar-refractivity contribution is -0.154. The second-order valence-corrected chi connectivity index (χ2v) is 13.3. The zero-order valence-electron chi connectivity index (χ0n) is 28.7. The molecule has 0 spiro atoms. The van der Waals surface area contributed by atoms with Crippen LogP contribution in [0.25, 0.3) is 0 Å². The summed E-state index contributed by atoms with van der Waals surface area (Å²) in [6, 6.07) is 5.70. The smallest absolute Gasteiger partial charge is 0.312 e. The Hall–Kier alpha value is -3.76. The highest BCUT2D eigenvalue weighted by Crippen LogP contribution is 2.20. The van der Waals surface area contributed by atoms with Crippen LogP contribution in [0.1, 0.15) is 110 Å². The van der Waals surface area contributed by atoms with Gasteiger partial charge in [0.2, 0.25) is 11.8 Å². The number of nitrogens with one attached hydrogen (secondary N) is 3. The maximum Gasteiger partial charge on any atom is 0.312 e. The number of rotatable bonds is 22. The van der Waals surface area contributed by atoms with Crippen LogP contribution in [0.4, 0.5) is 4.79 Å². The van der Waals surface area contributed by atoms with Crippen molar-refractivity contribution in [2.75, 3.05) is 13.1 Å². The molecule has 1 rings (SSSR count). The van der Waals surface area contributed by atoms with Crippen LogP contribution in [0.2, 0.25) is 0 Å². The summed E-state index contributed by atoms with van der Waals surface area (Å²) in [5.74, 6) is -1.52. The maximum atomic E-state index is 13.4. The third kappa shape index (κ3) is 17.1. The van der Waals surface area contributed by atoms with Gasteiger partial charge in [-0.05, 0) is 69.9 Å². The minimum absolute atomic E-state index is 0.00864. The van der Waals surface area contributed by atoms with E-state index < -0.39 is 23.4 Å². The molecule has 0 fully saturated rings. The molecule has 0 aromatic heterocycles. The molecule has 0 heterocycles. The number of amides is 4. The van der Waals surface area contributed by atoms with E-state index in [1.54, 1.807) is 45.0 Å². The molecule has 11 nitrogen and oxygen atoms in total. The van der Waals surface area contributed by atoms with Crippen LogP contribution in [0.3, 0.4) is 0 Å². The Morgan fingerprint density at radius 3 is 2.07 bits per heavy atom. The van der Waals surface area contributed by atoms with Crippen molar-refractivity contribution in [2.24, 2.45) is 23.0 Å². The topological polar surface area (TPSA) is 174 Å². The molecule has 0 unspecified atom stereocenters. The fourth-order valence-corrected chi connectivity index (χ4v) is 4.70. The molecule has 11 heteroatoms. The van der Waals surface area contributed by atoms with E-state index >= 15 is 0 Å². The van der Waals surface area contributed by atoms with E-state index in [9.17, 15) is 28.8 Å². The van der Waals surface area contributed by atoms with Crippen LogP contribution < -0.4 is 21.7 Å². The van der Waals surface area contributed by atoms with Gasteiger partial charge in [0.15, 0.2) is 5.78 Å². The zero-order valence-corrected chi connectivity index (χ0v) is 28.7. The number of Topliss-reactive ketones (excluding diaryl/α,β-unsaturated/α-hetero) is 2. The molecule has 5 N–H and O–H groups in total. The first kappa shape index (κ1) is 40.3. The van der Waals surface area contributed by atoms with E-state index in [0.29, 0.717) is 38.6 Å². The Kier molecular flexibility index (Phi) is 18.5. The summed E-state index contributed by atoms with van der Waals surface area (Å²) in [5.41, 5.74) is 6.09. The number of carbonyl (C=O) groups excluding carboxylic acids is 6. The molecule has 1 aromatic carbocycles. The number of nitrogens with two attached hydrogens (primary N) is 1. The first-order chi connectivity index (χ1) is 21.6. The van der Waals surface area contributed by atoms with Crippen LogP contribution in [0.5, 0.6) is 0 Å². The minimum atomic E-state index is -0.811. The minimum Gasteiger partial charge on any atom is -0.460 e. The molecule has 1 aromatic rings. The summed E-state index contributed by atoms with van der Waals surface area (Å²) in [7, 11) is 0. The fraction of sp³-hybridized carbons (Fsp3) is 0.657. The molecule has 0 saturated heterocycles. The molecular weight excluding hydrogens is 588 g/mol. The molecule has 2 atom stereocenters. The van der Waals surface area contributed by atoms with E-state index in [1.807, 2.05) is 20.8 Å². The molecule has 0 radical (unpaired) electrons.